The van der Waals surface area contributed by atoms with Gasteiger partial charge in [-0.1, -0.05) is 52.3 Å². The molecule has 0 saturated heterocycles. The zero-order valence-corrected chi connectivity index (χ0v) is 13.1. The number of alkyl halides is 1. The number of amides is 1. The molecule has 1 aliphatic carbocycles. The molecule has 1 fully saturated rings. The van der Waals surface area contributed by atoms with Crippen LogP contribution in [0.15, 0.2) is 42.5 Å². The summed E-state index contributed by atoms with van der Waals surface area (Å²) in [6.45, 7) is 0.851. The van der Waals surface area contributed by atoms with E-state index in [9.17, 15) is 4.79 Å². The Bertz CT molecular complexity index is 628. The second-order valence-corrected chi connectivity index (χ2v) is 6.94. The molecule has 0 spiro atoms. The van der Waals surface area contributed by atoms with Crippen molar-refractivity contribution in [3.8, 4) is 0 Å². The number of carbonyl (C=O) groups excluding carboxylic acids is 1. The van der Waals surface area contributed by atoms with Crippen LogP contribution < -0.4 is 0 Å². The van der Waals surface area contributed by atoms with E-state index in [0.29, 0.717) is 10.7 Å². The van der Waals surface area contributed by atoms with Crippen molar-refractivity contribution in [1.29, 1.82) is 0 Å². The molecule has 3 heteroatoms. The van der Waals surface area contributed by atoms with Gasteiger partial charge in [0.15, 0.2) is 0 Å². The van der Waals surface area contributed by atoms with Crippen molar-refractivity contribution in [3.63, 3.8) is 0 Å². The van der Waals surface area contributed by atoms with Crippen molar-refractivity contribution in [2.45, 2.75) is 17.7 Å². The maximum atomic E-state index is 12.6. The van der Waals surface area contributed by atoms with Crippen LogP contribution in [0.3, 0.4) is 0 Å². The van der Waals surface area contributed by atoms with Gasteiger partial charge >= 0.3 is 0 Å². The van der Waals surface area contributed by atoms with E-state index in [0.717, 1.165) is 22.9 Å². The van der Waals surface area contributed by atoms with Crippen LogP contribution in [0.25, 0.3) is 10.8 Å². The van der Waals surface area contributed by atoms with Crippen LogP contribution >= 0.6 is 15.9 Å². The molecule has 0 aromatic heterocycles. The third-order valence-corrected chi connectivity index (χ3v) is 4.82. The molecule has 0 bridgehead atoms. The normalized spacial score (nSPS) is 21.5. The summed E-state index contributed by atoms with van der Waals surface area (Å²) in [4.78, 5) is 15.1. The minimum Gasteiger partial charge on any atom is -0.341 e. The molecule has 2 aromatic rings. The van der Waals surface area contributed by atoms with Crippen LogP contribution in [0.4, 0.5) is 0 Å². The number of benzene rings is 2. The zero-order valence-electron chi connectivity index (χ0n) is 11.6. The average Bonchev–Trinajstić information content (AvgIpc) is 2.44. The van der Waals surface area contributed by atoms with E-state index in [1.807, 2.05) is 54.4 Å². The number of halogens is 1. The first-order valence-corrected chi connectivity index (χ1v) is 7.94. The van der Waals surface area contributed by atoms with Gasteiger partial charge in [-0.25, -0.2) is 0 Å². The molecule has 0 aliphatic heterocycles. The number of rotatable bonds is 3. The Kier molecular flexibility index (Phi) is 3.79. The molecule has 104 valence electrons. The van der Waals surface area contributed by atoms with Gasteiger partial charge < -0.3 is 4.90 Å². The van der Waals surface area contributed by atoms with Crippen LogP contribution in [0, 0.1) is 5.92 Å². The Balaban J connectivity index is 1.81. The van der Waals surface area contributed by atoms with Crippen LogP contribution in [0.2, 0.25) is 0 Å². The first-order chi connectivity index (χ1) is 9.65. The van der Waals surface area contributed by atoms with Gasteiger partial charge in [0, 0.05) is 24.0 Å². The summed E-state index contributed by atoms with van der Waals surface area (Å²) >= 11 is 3.60. The second-order valence-electron chi connectivity index (χ2n) is 5.65. The van der Waals surface area contributed by atoms with Crippen molar-refractivity contribution in [3.05, 3.63) is 48.0 Å². The Labute approximate surface area is 127 Å². The van der Waals surface area contributed by atoms with E-state index < -0.39 is 0 Å². The number of hydrogen-bond donors (Lipinski definition) is 0. The first kappa shape index (κ1) is 13.6. The molecule has 1 saturated carbocycles. The fourth-order valence-corrected chi connectivity index (χ4v) is 3.95. The summed E-state index contributed by atoms with van der Waals surface area (Å²) in [6, 6.07) is 14.0. The van der Waals surface area contributed by atoms with Crippen LogP contribution in [-0.2, 0) is 0 Å². The van der Waals surface area contributed by atoms with E-state index in [1.54, 1.807) is 0 Å². The highest BCUT2D eigenvalue weighted by atomic mass is 79.9. The Morgan fingerprint density at radius 3 is 2.65 bits per heavy atom. The van der Waals surface area contributed by atoms with E-state index >= 15 is 0 Å². The molecular formula is C17H18BrNO. The minimum absolute atomic E-state index is 0.125. The highest BCUT2D eigenvalue weighted by molar-refractivity contribution is 9.09. The lowest BCUT2D eigenvalue weighted by molar-refractivity contribution is 0.0750. The lowest BCUT2D eigenvalue weighted by Gasteiger charge is -2.34. The van der Waals surface area contributed by atoms with Gasteiger partial charge in [0.1, 0.15) is 0 Å². The fraction of sp³-hybridized carbons (Fsp3) is 0.353. The van der Waals surface area contributed by atoms with Gasteiger partial charge in [0.2, 0.25) is 0 Å². The molecule has 3 rings (SSSR count). The highest BCUT2D eigenvalue weighted by Gasteiger charge is 2.29. The van der Waals surface area contributed by atoms with Crippen molar-refractivity contribution in [2.24, 2.45) is 5.92 Å². The maximum Gasteiger partial charge on any atom is 0.254 e. The lowest BCUT2D eigenvalue weighted by atomic mass is 9.85. The van der Waals surface area contributed by atoms with Crippen LogP contribution in [-0.4, -0.2) is 29.2 Å². The van der Waals surface area contributed by atoms with Crippen LogP contribution in [0.5, 0.6) is 0 Å². The van der Waals surface area contributed by atoms with Gasteiger partial charge in [0.05, 0.1) is 0 Å². The summed E-state index contributed by atoms with van der Waals surface area (Å²) in [6.07, 6.45) is 2.35. The maximum absolute atomic E-state index is 12.6. The molecule has 20 heavy (non-hydrogen) atoms. The summed E-state index contributed by atoms with van der Waals surface area (Å²) in [5, 5.41) is 2.16. The molecule has 0 N–H and O–H groups in total. The smallest absolute Gasteiger partial charge is 0.254 e. The summed E-state index contributed by atoms with van der Waals surface area (Å²) < 4.78 is 0. The summed E-state index contributed by atoms with van der Waals surface area (Å²) in [7, 11) is 1.91. The monoisotopic (exact) mass is 331 g/mol. The number of hydrogen-bond acceptors (Lipinski definition) is 1. The third kappa shape index (κ3) is 2.59. The van der Waals surface area contributed by atoms with Gasteiger partial charge in [-0.15, -0.1) is 0 Å². The Morgan fingerprint density at radius 2 is 1.90 bits per heavy atom. The molecular weight excluding hydrogens is 314 g/mol. The van der Waals surface area contributed by atoms with Crippen molar-refractivity contribution in [1.82, 2.24) is 4.90 Å². The van der Waals surface area contributed by atoms with E-state index in [1.165, 1.54) is 12.8 Å². The minimum atomic E-state index is 0.125. The fourth-order valence-electron chi connectivity index (χ4n) is 2.89. The molecule has 2 aromatic carbocycles. The van der Waals surface area contributed by atoms with Crippen LogP contribution in [0.1, 0.15) is 23.2 Å². The molecule has 0 heterocycles. The van der Waals surface area contributed by atoms with E-state index in [4.69, 9.17) is 0 Å². The Hall–Kier alpha value is -1.35. The van der Waals surface area contributed by atoms with E-state index in [2.05, 4.69) is 15.9 Å². The van der Waals surface area contributed by atoms with E-state index in [-0.39, 0.29) is 5.91 Å². The SMILES string of the molecule is CN(CC1CC(Br)C1)C(=O)c1cccc2ccccc12. The topological polar surface area (TPSA) is 20.3 Å². The molecule has 1 amide bonds. The predicted octanol–water partition coefficient (Wildman–Crippen LogP) is 4.09. The molecule has 2 nitrogen and oxygen atoms in total. The highest BCUT2D eigenvalue weighted by Crippen LogP contribution is 2.34. The van der Waals surface area contributed by atoms with Crippen molar-refractivity contribution >= 4 is 32.6 Å². The summed E-state index contributed by atoms with van der Waals surface area (Å²) in [5.41, 5.74) is 0.806. The largest absolute Gasteiger partial charge is 0.341 e. The predicted molar refractivity (Wildman–Crippen MR) is 86.3 cm³/mol. The van der Waals surface area contributed by atoms with Gasteiger partial charge in [0.25, 0.3) is 5.91 Å². The number of nitrogens with zero attached hydrogens (tertiary/aromatic N) is 1. The molecule has 0 unspecified atom stereocenters. The van der Waals surface area contributed by atoms with Gasteiger partial charge in [-0.3, -0.25) is 4.79 Å². The Morgan fingerprint density at radius 1 is 1.20 bits per heavy atom. The number of carbonyl (C=O) groups is 1. The quantitative estimate of drug-likeness (QED) is 0.776. The molecule has 0 atom stereocenters. The number of fused-ring (bicyclic) bond motifs is 1. The standard InChI is InChI=1S/C17H18BrNO/c1-19(11-12-9-14(18)10-12)17(20)16-8-4-6-13-5-2-3-7-15(13)16/h2-8,12,14H,9-11H2,1H3. The molecule has 0 radical (unpaired) electrons. The average molecular weight is 332 g/mol. The van der Waals surface area contributed by atoms with Crippen molar-refractivity contribution < 1.29 is 4.79 Å². The second kappa shape index (κ2) is 5.57. The van der Waals surface area contributed by atoms with Gasteiger partial charge in [-0.2, -0.15) is 0 Å². The zero-order chi connectivity index (χ0) is 14.1. The lowest BCUT2D eigenvalue weighted by Crippen LogP contribution is -2.37. The summed E-state index contributed by atoms with van der Waals surface area (Å²) in [5.74, 6) is 0.767. The molecule has 1 aliphatic rings. The van der Waals surface area contributed by atoms with Crippen molar-refractivity contribution in [2.75, 3.05) is 13.6 Å². The first-order valence-electron chi connectivity index (χ1n) is 7.02. The third-order valence-electron chi connectivity index (χ3n) is 4.08. The van der Waals surface area contributed by atoms with Gasteiger partial charge in [-0.05, 0) is 35.6 Å².